The van der Waals surface area contributed by atoms with Crippen LogP contribution in [0.2, 0.25) is 0 Å². The molecular weight excluding hydrogens is 653 g/mol. The Morgan fingerprint density at radius 3 is 1.59 bits per heavy atom. The molecule has 7 aromatic carbocycles. The first-order valence-electron chi connectivity index (χ1n) is 20.2. The third-order valence-corrected chi connectivity index (χ3v) is 15.0. The van der Waals surface area contributed by atoms with Crippen LogP contribution in [0, 0.1) is 23.7 Å². The monoisotopic (exact) mass is 692 g/mol. The van der Waals surface area contributed by atoms with Crippen molar-refractivity contribution in [1.82, 2.24) is 0 Å². The van der Waals surface area contributed by atoms with E-state index in [2.05, 4.69) is 158 Å². The first-order chi connectivity index (χ1) is 26.7. The van der Waals surface area contributed by atoms with Gasteiger partial charge in [0, 0.05) is 16.5 Å². The Morgan fingerprint density at radius 1 is 0.370 bits per heavy atom. The third kappa shape index (κ3) is 3.57. The van der Waals surface area contributed by atoms with Gasteiger partial charge >= 0.3 is 0 Å². The fourth-order valence-corrected chi connectivity index (χ4v) is 13.3. The first-order valence-corrected chi connectivity index (χ1v) is 20.2. The standard InChI is InChI=1S/C53H40O/c1-4-14-43-40(10-1)41-11-2-5-15-44(41)53(43)46-17-7-8-19-49(46)54-50-25-24-36(31-48(50)53)34-20-22-35(23-21-34)39-13-9-18-47-51(39)42-12-3-6-16-45(42)52(47)37-27-32-26-33(29-37)30-38(52)28-32/h1-25,31-33,37-38H,26-30H2. The molecule has 1 nitrogen and oxygen atoms in total. The first kappa shape index (κ1) is 29.8. The Morgan fingerprint density at radius 2 is 0.889 bits per heavy atom. The SMILES string of the molecule is c1ccc2c(c1)Oc1ccc(-c3ccc(-c4cccc5c4-c4ccccc4C54C5CC6CC(C5)CC4C6)cc3)cc1C21c2ccccc2-c2ccccc21. The quantitative estimate of drug-likeness (QED) is 0.175. The normalized spacial score (nSPS) is 25.0. The molecule has 1 heteroatoms. The van der Waals surface area contributed by atoms with Crippen molar-refractivity contribution in [3.63, 3.8) is 0 Å². The van der Waals surface area contributed by atoms with E-state index in [-0.39, 0.29) is 5.41 Å². The number of benzene rings is 7. The highest BCUT2D eigenvalue weighted by Crippen LogP contribution is 2.70. The highest BCUT2D eigenvalue weighted by Gasteiger charge is 2.61. The van der Waals surface area contributed by atoms with Crippen LogP contribution in [-0.2, 0) is 10.8 Å². The molecule has 4 bridgehead atoms. The lowest BCUT2D eigenvalue weighted by atomic mass is 9.43. The molecule has 0 radical (unpaired) electrons. The van der Waals surface area contributed by atoms with Crippen LogP contribution in [0.15, 0.2) is 158 Å². The van der Waals surface area contributed by atoms with Gasteiger partial charge in [0.2, 0.25) is 0 Å². The fourth-order valence-electron chi connectivity index (χ4n) is 13.3. The number of ether oxygens (including phenoxy) is 1. The summed E-state index contributed by atoms with van der Waals surface area (Å²) in [5.41, 5.74) is 18.7. The van der Waals surface area contributed by atoms with Crippen molar-refractivity contribution in [3.05, 3.63) is 191 Å². The molecule has 7 aliphatic rings. The molecule has 0 amide bonds. The van der Waals surface area contributed by atoms with Gasteiger partial charge in [-0.1, -0.05) is 140 Å². The summed E-state index contributed by atoms with van der Waals surface area (Å²) >= 11 is 0. The predicted molar refractivity (Wildman–Crippen MR) is 218 cm³/mol. The molecule has 258 valence electrons. The van der Waals surface area contributed by atoms with Crippen LogP contribution in [0.3, 0.4) is 0 Å². The lowest BCUT2D eigenvalue weighted by Crippen LogP contribution is -2.55. The predicted octanol–water partition coefficient (Wildman–Crippen LogP) is 13.2. The Balaban J connectivity index is 0.950. The Bertz CT molecular complexity index is 2640. The second-order valence-corrected chi connectivity index (χ2v) is 17.2. The third-order valence-electron chi connectivity index (χ3n) is 15.0. The number of fused-ring (bicyclic) bond motifs is 12. The van der Waals surface area contributed by atoms with E-state index < -0.39 is 5.41 Å². The number of hydrogen-bond donors (Lipinski definition) is 0. The molecule has 14 rings (SSSR count). The van der Waals surface area contributed by atoms with Crippen molar-refractivity contribution in [1.29, 1.82) is 0 Å². The maximum absolute atomic E-state index is 6.72. The zero-order valence-electron chi connectivity index (χ0n) is 30.3. The Labute approximate surface area is 317 Å². The molecule has 0 aromatic heterocycles. The molecule has 7 aromatic rings. The molecule has 4 saturated carbocycles. The van der Waals surface area contributed by atoms with Crippen LogP contribution in [0.1, 0.15) is 65.5 Å². The van der Waals surface area contributed by atoms with E-state index in [1.54, 1.807) is 11.1 Å². The Kier molecular flexibility index (Phi) is 5.79. The van der Waals surface area contributed by atoms with Gasteiger partial charge in [0.05, 0.1) is 5.41 Å². The number of rotatable bonds is 2. The maximum atomic E-state index is 6.72. The lowest BCUT2D eigenvalue weighted by Gasteiger charge is -2.61. The summed E-state index contributed by atoms with van der Waals surface area (Å²) in [6, 6.07) is 59.6. The average molecular weight is 693 g/mol. The van der Waals surface area contributed by atoms with Gasteiger partial charge in [-0.25, -0.2) is 0 Å². The molecule has 0 unspecified atom stereocenters. The number of para-hydroxylation sites is 1. The van der Waals surface area contributed by atoms with E-state index >= 15 is 0 Å². The van der Waals surface area contributed by atoms with Gasteiger partial charge < -0.3 is 4.74 Å². The van der Waals surface area contributed by atoms with Gasteiger partial charge in [0.1, 0.15) is 11.5 Å². The summed E-state index contributed by atoms with van der Waals surface area (Å²) in [6.07, 6.45) is 7.13. The molecule has 0 N–H and O–H groups in total. The summed E-state index contributed by atoms with van der Waals surface area (Å²) < 4.78 is 6.72. The topological polar surface area (TPSA) is 9.23 Å². The van der Waals surface area contributed by atoms with Crippen molar-refractivity contribution in [2.24, 2.45) is 23.7 Å². The van der Waals surface area contributed by atoms with E-state index in [4.69, 9.17) is 4.74 Å². The van der Waals surface area contributed by atoms with Crippen molar-refractivity contribution < 1.29 is 4.74 Å². The van der Waals surface area contributed by atoms with Crippen molar-refractivity contribution >= 4 is 0 Å². The van der Waals surface area contributed by atoms with Gasteiger partial charge in [0.15, 0.2) is 0 Å². The summed E-state index contributed by atoms with van der Waals surface area (Å²) in [5, 5.41) is 0. The van der Waals surface area contributed by atoms with Crippen molar-refractivity contribution in [2.45, 2.75) is 42.9 Å². The largest absolute Gasteiger partial charge is 0.457 e. The molecule has 1 heterocycles. The van der Waals surface area contributed by atoms with Crippen LogP contribution in [0.4, 0.5) is 0 Å². The van der Waals surface area contributed by atoms with E-state index in [0.29, 0.717) is 0 Å². The molecule has 0 atom stereocenters. The van der Waals surface area contributed by atoms with Crippen molar-refractivity contribution in [2.75, 3.05) is 0 Å². The highest BCUT2D eigenvalue weighted by molar-refractivity contribution is 5.94. The second kappa shape index (κ2) is 10.5. The zero-order valence-corrected chi connectivity index (χ0v) is 30.3. The van der Waals surface area contributed by atoms with Crippen molar-refractivity contribution in [3.8, 4) is 56.0 Å². The van der Waals surface area contributed by atoms with E-state index in [1.165, 1.54) is 98.9 Å². The van der Waals surface area contributed by atoms with Gasteiger partial charge in [0.25, 0.3) is 0 Å². The molecule has 4 fully saturated rings. The molecule has 0 saturated heterocycles. The van der Waals surface area contributed by atoms with Crippen LogP contribution in [0.5, 0.6) is 11.5 Å². The minimum atomic E-state index is -0.459. The maximum Gasteiger partial charge on any atom is 0.132 e. The zero-order chi connectivity index (χ0) is 35.2. The van der Waals surface area contributed by atoms with E-state index in [0.717, 1.165) is 35.2 Å². The summed E-state index contributed by atoms with van der Waals surface area (Å²) in [5.74, 6) is 5.30. The molecule has 2 spiro atoms. The summed E-state index contributed by atoms with van der Waals surface area (Å²) in [6.45, 7) is 0. The van der Waals surface area contributed by atoms with E-state index in [9.17, 15) is 0 Å². The molecule has 6 aliphatic carbocycles. The van der Waals surface area contributed by atoms with Gasteiger partial charge in [-0.2, -0.15) is 0 Å². The van der Waals surface area contributed by atoms with Gasteiger partial charge in [-0.05, 0) is 141 Å². The number of hydrogen-bond acceptors (Lipinski definition) is 1. The van der Waals surface area contributed by atoms with Crippen LogP contribution < -0.4 is 4.74 Å². The summed E-state index contributed by atoms with van der Waals surface area (Å²) in [4.78, 5) is 0. The van der Waals surface area contributed by atoms with Crippen LogP contribution in [-0.4, -0.2) is 0 Å². The second-order valence-electron chi connectivity index (χ2n) is 17.2. The molecule has 1 aliphatic heterocycles. The minimum absolute atomic E-state index is 0.187. The lowest BCUT2D eigenvalue weighted by molar-refractivity contribution is -0.0399. The van der Waals surface area contributed by atoms with E-state index in [1.807, 2.05) is 0 Å². The van der Waals surface area contributed by atoms with Crippen LogP contribution in [0.25, 0.3) is 44.5 Å². The summed E-state index contributed by atoms with van der Waals surface area (Å²) in [7, 11) is 0. The molecule has 54 heavy (non-hydrogen) atoms. The Hall–Kier alpha value is -5.66. The van der Waals surface area contributed by atoms with Gasteiger partial charge in [-0.15, -0.1) is 0 Å². The average Bonchev–Trinajstić information content (AvgIpc) is 3.69. The fraction of sp³-hybridized carbons (Fsp3) is 0.208. The minimum Gasteiger partial charge on any atom is -0.457 e. The highest BCUT2D eigenvalue weighted by atomic mass is 16.5. The molecular formula is C53H40O. The smallest absolute Gasteiger partial charge is 0.132 e. The van der Waals surface area contributed by atoms with Gasteiger partial charge in [-0.3, -0.25) is 0 Å². The van der Waals surface area contributed by atoms with Crippen LogP contribution >= 0.6 is 0 Å².